The van der Waals surface area contributed by atoms with Crippen molar-refractivity contribution < 1.29 is 22.0 Å². The van der Waals surface area contributed by atoms with Crippen molar-refractivity contribution in [3.05, 3.63) is 11.8 Å². The van der Waals surface area contributed by atoms with E-state index in [4.69, 9.17) is 0 Å². The van der Waals surface area contributed by atoms with Gasteiger partial charge in [-0.2, -0.15) is 8.78 Å². The number of alkyl halides is 4. The summed E-state index contributed by atoms with van der Waals surface area (Å²) < 4.78 is 54.2. The van der Waals surface area contributed by atoms with E-state index in [9.17, 15) is 17.6 Å². The molecule has 0 unspecified atom stereocenters. The number of hydrogen-bond acceptors (Lipinski definition) is 4. The number of aryl methyl sites for hydroxylation is 1. The number of nitrogens with one attached hydrogen (secondary N) is 1. The zero-order valence-electron chi connectivity index (χ0n) is 9.93. The van der Waals surface area contributed by atoms with Gasteiger partial charge in [0.15, 0.2) is 0 Å². The first-order chi connectivity index (χ1) is 8.48. The normalized spacial score (nSPS) is 12.3. The van der Waals surface area contributed by atoms with Crippen molar-refractivity contribution in [2.75, 3.05) is 13.1 Å². The smallest absolute Gasteiger partial charge is 0.382 e. The predicted octanol–water partition coefficient (Wildman–Crippen LogP) is 2.36. The summed E-state index contributed by atoms with van der Waals surface area (Å²) in [5.41, 5.74) is 0. The average Bonchev–Trinajstić information content (AvgIpc) is 2.78. The van der Waals surface area contributed by atoms with Crippen LogP contribution < -0.4 is 5.32 Å². The maximum Gasteiger partial charge on any atom is 0.382 e. The minimum atomic E-state index is -4.38. The molecule has 0 aliphatic rings. The summed E-state index contributed by atoms with van der Waals surface area (Å²) >= 11 is 0. The Morgan fingerprint density at radius 3 is 2.61 bits per heavy atom. The average molecular weight is 269 g/mol. The Balaban J connectivity index is 2.44. The van der Waals surface area contributed by atoms with E-state index in [1.165, 1.54) is 0 Å². The van der Waals surface area contributed by atoms with Gasteiger partial charge in [0.25, 0.3) is 5.89 Å². The molecule has 0 fully saturated rings. The highest BCUT2D eigenvalue weighted by Gasteiger charge is 2.48. The van der Waals surface area contributed by atoms with E-state index in [1.807, 2.05) is 6.92 Å². The van der Waals surface area contributed by atoms with Crippen molar-refractivity contribution >= 4 is 0 Å². The van der Waals surface area contributed by atoms with Gasteiger partial charge in [-0.05, 0) is 25.9 Å². The molecule has 0 aromatic carbocycles. The lowest BCUT2D eigenvalue weighted by Gasteiger charge is -2.09. The van der Waals surface area contributed by atoms with Gasteiger partial charge in [0, 0.05) is 6.42 Å². The van der Waals surface area contributed by atoms with Crippen molar-refractivity contribution in [1.29, 1.82) is 0 Å². The van der Waals surface area contributed by atoms with Crippen LogP contribution in [0.25, 0.3) is 0 Å². The molecule has 0 aliphatic heterocycles. The molecule has 18 heavy (non-hydrogen) atoms. The minimum Gasteiger partial charge on any atom is -0.419 e. The van der Waals surface area contributed by atoms with Gasteiger partial charge in [-0.15, -0.1) is 10.2 Å². The second-order valence-electron chi connectivity index (χ2n) is 3.78. The van der Waals surface area contributed by atoms with Crippen LogP contribution in [0.2, 0.25) is 0 Å². The lowest BCUT2D eigenvalue weighted by atomic mass is 10.3. The van der Waals surface area contributed by atoms with Crippen LogP contribution in [0.1, 0.15) is 31.5 Å². The van der Waals surface area contributed by atoms with Gasteiger partial charge in [-0.1, -0.05) is 6.92 Å². The van der Waals surface area contributed by atoms with Crippen molar-refractivity contribution in [1.82, 2.24) is 15.5 Å². The maximum atomic E-state index is 12.8. The van der Waals surface area contributed by atoms with Crippen molar-refractivity contribution in [2.24, 2.45) is 0 Å². The molecule has 8 heteroatoms. The molecular weight excluding hydrogens is 254 g/mol. The van der Waals surface area contributed by atoms with Gasteiger partial charge in [0.1, 0.15) is 0 Å². The third kappa shape index (κ3) is 3.94. The molecule has 0 saturated heterocycles. The molecule has 0 atom stereocenters. The Morgan fingerprint density at radius 1 is 1.28 bits per heavy atom. The number of nitrogens with zero attached hydrogens (tertiary/aromatic N) is 2. The lowest BCUT2D eigenvalue weighted by molar-refractivity contribution is -0.151. The largest absolute Gasteiger partial charge is 0.419 e. The molecule has 0 radical (unpaired) electrons. The van der Waals surface area contributed by atoms with E-state index < -0.39 is 18.2 Å². The predicted molar refractivity (Wildman–Crippen MR) is 55.7 cm³/mol. The Hall–Kier alpha value is -1.18. The zero-order chi connectivity index (χ0) is 13.6. The van der Waals surface area contributed by atoms with Crippen LogP contribution in [0.3, 0.4) is 0 Å². The van der Waals surface area contributed by atoms with Crippen LogP contribution in [-0.2, 0) is 12.3 Å². The van der Waals surface area contributed by atoms with Crippen LogP contribution in [-0.4, -0.2) is 29.7 Å². The Morgan fingerprint density at radius 2 is 2.00 bits per heavy atom. The van der Waals surface area contributed by atoms with Crippen molar-refractivity contribution in [2.45, 2.75) is 38.5 Å². The first-order valence-corrected chi connectivity index (χ1v) is 5.68. The van der Waals surface area contributed by atoms with E-state index in [2.05, 4.69) is 19.9 Å². The van der Waals surface area contributed by atoms with Crippen LogP contribution >= 0.6 is 0 Å². The van der Waals surface area contributed by atoms with E-state index in [-0.39, 0.29) is 12.3 Å². The molecular formula is C10H15F4N3O. The fraction of sp³-hybridized carbons (Fsp3) is 0.800. The van der Waals surface area contributed by atoms with Crippen LogP contribution in [0.4, 0.5) is 17.6 Å². The Labute approximate surface area is 102 Å². The van der Waals surface area contributed by atoms with Gasteiger partial charge in [-0.25, -0.2) is 8.78 Å². The molecule has 1 N–H and O–H groups in total. The van der Waals surface area contributed by atoms with Gasteiger partial charge in [-0.3, -0.25) is 0 Å². The number of halogens is 4. The van der Waals surface area contributed by atoms with E-state index in [0.717, 1.165) is 13.0 Å². The molecule has 1 aromatic heterocycles. The summed E-state index contributed by atoms with van der Waals surface area (Å²) in [6.45, 7) is 3.55. The van der Waals surface area contributed by atoms with Crippen molar-refractivity contribution in [3.63, 3.8) is 0 Å². The topological polar surface area (TPSA) is 51.0 Å². The molecule has 4 nitrogen and oxygen atoms in total. The molecule has 0 bridgehead atoms. The number of rotatable bonds is 8. The molecule has 0 spiro atoms. The number of hydrogen-bond donors (Lipinski definition) is 1. The quantitative estimate of drug-likeness (QED) is 0.581. The van der Waals surface area contributed by atoms with Gasteiger partial charge < -0.3 is 9.73 Å². The molecule has 1 rings (SSSR count). The standard InChI is InChI=1S/C10H15F4N3O/c1-2-5-15-6-3-4-7-16-17-9(18-7)10(13,14)8(11)12/h8,15H,2-6H2,1H3. The maximum absolute atomic E-state index is 12.8. The molecule has 0 aliphatic carbocycles. The van der Waals surface area contributed by atoms with Gasteiger partial charge >= 0.3 is 12.3 Å². The highest BCUT2D eigenvalue weighted by molar-refractivity contribution is 4.93. The van der Waals surface area contributed by atoms with Crippen LogP contribution in [0.15, 0.2) is 4.42 Å². The Bertz CT molecular complexity index is 357. The fourth-order valence-corrected chi connectivity index (χ4v) is 1.25. The van der Waals surface area contributed by atoms with E-state index in [1.54, 1.807) is 0 Å². The first kappa shape index (κ1) is 14.9. The second-order valence-corrected chi connectivity index (χ2v) is 3.78. The Kier molecular flexibility index (Phi) is 5.52. The third-order valence-electron chi connectivity index (χ3n) is 2.20. The monoisotopic (exact) mass is 269 g/mol. The highest BCUT2D eigenvalue weighted by Crippen LogP contribution is 2.33. The summed E-state index contributed by atoms with van der Waals surface area (Å²) in [7, 11) is 0. The molecule has 1 aromatic rings. The molecule has 0 amide bonds. The van der Waals surface area contributed by atoms with Gasteiger partial charge in [0.2, 0.25) is 5.89 Å². The van der Waals surface area contributed by atoms with Gasteiger partial charge in [0.05, 0.1) is 0 Å². The van der Waals surface area contributed by atoms with Crippen molar-refractivity contribution in [3.8, 4) is 0 Å². The third-order valence-corrected chi connectivity index (χ3v) is 2.20. The lowest BCUT2D eigenvalue weighted by Crippen LogP contribution is -2.23. The molecule has 104 valence electrons. The van der Waals surface area contributed by atoms with Crippen LogP contribution in [0, 0.1) is 0 Å². The number of aromatic nitrogens is 2. The second kappa shape index (κ2) is 6.67. The first-order valence-electron chi connectivity index (χ1n) is 5.68. The molecule has 1 heterocycles. The van der Waals surface area contributed by atoms with E-state index >= 15 is 0 Å². The summed E-state index contributed by atoms with van der Waals surface area (Å²) in [6, 6.07) is 0. The molecule has 0 saturated carbocycles. The van der Waals surface area contributed by atoms with Crippen LogP contribution in [0.5, 0.6) is 0 Å². The summed E-state index contributed by atoms with van der Waals surface area (Å²) in [4.78, 5) is 0. The SMILES string of the molecule is CCCNCCCc1nnc(C(F)(F)C(F)F)o1. The summed E-state index contributed by atoms with van der Waals surface area (Å²) in [5, 5.41) is 9.38. The fourth-order valence-electron chi connectivity index (χ4n) is 1.25. The minimum absolute atomic E-state index is 0.0522. The van der Waals surface area contributed by atoms with E-state index in [0.29, 0.717) is 13.0 Å². The highest BCUT2D eigenvalue weighted by atomic mass is 19.3. The summed E-state index contributed by atoms with van der Waals surface area (Å²) in [5.74, 6) is -5.76. The zero-order valence-corrected chi connectivity index (χ0v) is 9.93. The summed E-state index contributed by atoms with van der Waals surface area (Å²) in [6.07, 6.45) is -1.96.